The van der Waals surface area contributed by atoms with Crippen LogP contribution in [0, 0.1) is 5.41 Å². The Hall–Kier alpha value is -1.19. The van der Waals surface area contributed by atoms with Gasteiger partial charge < -0.3 is 20.7 Å². The third kappa shape index (κ3) is 3.73. The van der Waals surface area contributed by atoms with E-state index in [1.807, 2.05) is 0 Å². The average Bonchev–Trinajstić information content (AvgIpc) is 3.11. The predicted octanol–water partition coefficient (Wildman–Crippen LogP) is -1.44. The SMILES string of the molecule is O=C(CCNC(=O)[C@]12CCN[C@H]1CCOC2)NC1CCS(=O)(=O)C1. The molecule has 3 saturated heterocycles. The normalized spacial score (nSPS) is 34.5. The lowest BCUT2D eigenvalue weighted by atomic mass is 9.77. The topological polar surface area (TPSA) is 114 Å². The highest BCUT2D eigenvalue weighted by Gasteiger charge is 2.50. The van der Waals surface area contributed by atoms with Gasteiger partial charge in [-0.05, 0) is 25.8 Å². The molecule has 3 aliphatic rings. The molecule has 2 amide bonds. The van der Waals surface area contributed by atoms with Crippen molar-refractivity contribution in [1.29, 1.82) is 0 Å². The first-order chi connectivity index (χ1) is 11.4. The summed E-state index contributed by atoms with van der Waals surface area (Å²) in [7, 11) is -3.01. The molecule has 3 fully saturated rings. The first kappa shape index (κ1) is 17.6. The molecule has 3 atom stereocenters. The summed E-state index contributed by atoms with van der Waals surface area (Å²) in [6.07, 6.45) is 2.19. The third-order valence-corrected chi connectivity index (χ3v) is 6.99. The van der Waals surface area contributed by atoms with Gasteiger partial charge in [-0.1, -0.05) is 0 Å². The van der Waals surface area contributed by atoms with Crippen molar-refractivity contribution in [2.75, 3.05) is 37.8 Å². The monoisotopic (exact) mass is 359 g/mol. The lowest BCUT2D eigenvalue weighted by Gasteiger charge is -2.37. The zero-order valence-electron chi connectivity index (χ0n) is 13.7. The quantitative estimate of drug-likeness (QED) is 0.554. The molecule has 3 rings (SSSR count). The maximum absolute atomic E-state index is 12.6. The Morgan fingerprint density at radius 2 is 2.12 bits per heavy atom. The molecule has 8 nitrogen and oxygen atoms in total. The number of hydrogen-bond acceptors (Lipinski definition) is 6. The van der Waals surface area contributed by atoms with Crippen LogP contribution in [-0.4, -0.2) is 70.1 Å². The lowest BCUT2D eigenvalue weighted by Crippen LogP contribution is -2.54. The Kier molecular flexibility index (Phi) is 5.12. The summed E-state index contributed by atoms with van der Waals surface area (Å²) in [4.78, 5) is 24.5. The number of nitrogens with one attached hydrogen (secondary N) is 3. The minimum atomic E-state index is -3.01. The van der Waals surface area contributed by atoms with Gasteiger partial charge in [-0.3, -0.25) is 9.59 Å². The van der Waals surface area contributed by atoms with E-state index < -0.39 is 15.3 Å². The Morgan fingerprint density at radius 1 is 1.29 bits per heavy atom. The fourth-order valence-corrected chi connectivity index (χ4v) is 5.53. The van der Waals surface area contributed by atoms with Crippen molar-refractivity contribution in [3.63, 3.8) is 0 Å². The Morgan fingerprint density at radius 3 is 2.88 bits per heavy atom. The van der Waals surface area contributed by atoms with Gasteiger partial charge in [0.15, 0.2) is 9.84 Å². The second-order valence-electron chi connectivity index (χ2n) is 6.93. The number of carbonyl (C=O) groups is 2. The van der Waals surface area contributed by atoms with E-state index in [1.54, 1.807) is 0 Å². The zero-order chi connectivity index (χ0) is 17.2. The maximum atomic E-state index is 12.6. The van der Waals surface area contributed by atoms with Crippen LogP contribution >= 0.6 is 0 Å². The number of rotatable bonds is 5. The van der Waals surface area contributed by atoms with Crippen LogP contribution in [0.2, 0.25) is 0 Å². The molecule has 3 aliphatic heterocycles. The summed E-state index contributed by atoms with van der Waals surface area (Å²) < 4.78 is 28.3. The van der Waals surface area contributed by atoms with Gasteiger partial charge in [-0.25, -0.2) is 8.42 Å². The van der Waals surface area contributed by atoms with Crippen LogP contribution in [0.3, 0.4) is 0 Å². The van der Waals surface area contributed by atoms with Crippen molar-refractivity contribution in [1.82, 2.24) is 16.0 Å². The fraction of sp³-hybridized carbons (Fsp3) is 0.867. The first-order valence-electron chi connectivity index (χ1n) is 8.50. The highest BCUT2D eigenvalue weighted by Crippen LogP contribution is 2.36. The van der Waals surface area contributed by atoms with E-state index in [4.69, 9.17) is 4.74 Å². The molecular formula is C15H25N3O5S. The molecule has 0 saturated carbocycles. The molecule has 1 unspecified atom stereocenters. The molecule has 0 aliphatic carbocycles. The number of carbonyl (C=O) groups excluding carboxylic acids is 2. The molecule has 3 heterocycles. The minimum absolute atomic E-state index is 0.0128. The standard InChI is InChI=1S/C15H25N3O5S/c19-13(18-11-3-8-24(21,22)9-11)1-5-17-14(20)15-4-6-16-12(15)2-7-23-10-15/h11-12,16H,1-10H2,(H,17,20)(H,18,19)/t11?,12-,15-/m0/s1. The van der Waals surface area contributed by atoms with Crippen molar-refractivity contribution >= 4 is 21.7 Å². The number of amides is 2. The largest absolute Gasteiger partial charge is 0.380 e. The fourth-order valence-electron chi connectivity index (χ4n) is 3.86. The molecule has 136 valence electrons. The van der Waals surface area contributed by atoms with E-state index in [2.05, 4.69) is 16.0 Å². The Bertz CT molecular complexity index is 608. The van der Waals surface area contributed by atoms with Crippen LogP contribution in [0.5, 0.6) is 0 Å². The van der Waals surface area contributed by atoms with Gasteiger partial charge in [-0.15, -0.1) is 0 Å². The summed E-state index contributed by atoms with van der Waals surface area (Å²) in [5.41, 5.74) is -0.520. The van der Waals surface area contributed by atoms with Crippen molar-refractivity contribution < 1.29 is 22.7 Å². The molecule has 3 N–H and O–H groups in total. The molecule has 24 heavy (non-hydrogen) atoms. The Balaban J connectivity index is 1.43. The number of hydrogen-bond donors (Lipinski definition) is 3. The van der Waals surface area contributed by atoms with Gasteiger partial charge in [0.2, 0.25) is 11.8 Å². The number of sulfone groups is 1. The predicted molar refractivity (Wildman–Crippen MR) is 87.1 cm³/mol. The summed E-state index contributed by atoms with van der Waals surface area (Å²) in [6, 6.07) is -0.157. The molecule has 0 aromatic rings. The van der Waals surface area contributed by atoms with Gasteiger partial charge in [0, 0.05) is 31.7 Å². The molecule has 0 spiro atoms. The molecule has 0 aromatic carbocycles. The summed E-state index contributed by atoms with van der Waals surface area (Å²) in [5, 5.41) is 8.93. The van der Waals surface area contributed by atoms with Gasteiger partial charge >= 0.3 is 0 Å². The van der Waals surface area contributed by atoms with Crippen LogP contribution < -0.4 is 16.0 Å². The lowest BCUT2D eigenvalue weighted by molar-refractivity contribution is -0.139. The van der Waals surface area contributed by atoms with Crippen molar-refractivity contribution in [3.8, 4) is 0 Å². The van der Waals surface area contributed by atoms with Crippen LogP contribution in [0.15, 0.2) is 0 Å². The number of ether oxygens (including phenoxy) is 1. The average molecular weight is 359 g/mol. The van der Waals surface area contributed by atoms with E-state index in [1.165, 1.54) is 0 Å². The molecule has 0 radical (unpaired) electrons. The van der Waals surface area contributed by atoms with Crippen LogP contribution in [0.25, 0.3) is 0 Å². The molecule has 0 bridgehead atoms. The minimum Gasteiger partial charge on any atom is -0.380 e. The Labute approximate surface area is 142 Å². The van der Waals surface area contributed by atoms with E-state index in [9.17, 15) is 18.0 Å². The van der Waals surface area contributed by atoms with Gasteiger partial charge in [0.25, 0.3) is 0 Å². The zero-order valence-corrected chi connectivity index (χ0v) is 14.5. The maximum Gasteiger partial charge on any atom is 0.230 e. The second-order valence-corrected chi connectivity index (χ2v) is 9.16. The van der Waals surface area contributed by atoms with E-state index in [0.29, 0.717) is 19.6 Å². The smallest absolute Gasteiger partial charge is 0.230 e. The van der Waals surface area contributed by atoms with Gasteiger partial charge in [0.1, 0.15) is 0 Å². The highest BCUT2D eigenvalue weighted by atomic mass is 32.2. The van der Waals surface area contributed by atoms with Crippen molar-refractivity contribution in [2.24, 2.45) is 5.41 Å². The third-order valence-electron chi connectivity index (χ3n) is 5.23. The van der Waals surface area contributed by atoms with Crippen molar-refractivity contribution in [2.45, 2.75) is 37.8 Å². The summed E-state index contributed by atoms with van der Waals surface area (Å²) >= 11 is 0. The molecular weight excluding hydrogens is 334 g/mol. The van der Waals surface area contributed by atoms with E-state index in [-0.39, 0.29) is 48.4 Å². The molecule has 0 aromatic heterocycles. The van der Waals surface area contributed by atoms with Gasteiger partial charge in [0.05, 0.1) is 23.5 Å². The van der Waals surface area contributed by atoms with E-state index in [0.717, 1.165) is 19.4 Å². The first-order valence-corrected chi connectivity index (χ1v) is 10.3. The highest BCUT2D eigenvalue weighted by molar-refractivity contribution is 7.91. The second kappa shape index (κ2) is 6.97. The van der Waals surface area contributed by atoms with Crippen LogP contribution in [0.1, 0.15) is 25.7 Å². The summed E-state index contributed by atoms with van der Waals surface area (Å²) in [5.74, 6) is -0.144. The van der Waals surface area contributed by atoms with Crippen LogP contribution in [0.4, 0.5) is 0 Å². The van der Waals surface area contributed by atoms with Crippen LogP contribution in [-0.2, 0) is 24.2 Å². The van der Waals surface area contributed by atoms with Crippen molar-refractivity contribution in [3.05, 3.63) is 0 Å². The summed E-state index contributed by atoms with van der Waals surface area (Å²) in [6.45, 7) is 2.14. The molecule has 9 heteroatoms. The van der Waals surface area contributed by atoms with Gasteiger partial charge in [-0.2, -0.15) is 0 Å². The van der Waals surface area contributed by atoms with E-state index >= 15 is 0 Å². The number of fused-ring (bicyclic) bond motifs is 1.